The third kappa shape index (κ3) is 66.0. The van der Waals surface area contributed by atoms with Crippen molar-refractivity contribution in [1.82, 2.24) is 0 Å². The van der Waals surface area contributed by atoms with E-state index in [-0.39, 0.29) is 37.5 Å². The molecule has 1 atom stereocenters. The number of hydrogen-bond donors (Lipinski definition) is 0. The third-order valence-electron chi connectivity index (χ3n) is 13.8. The van der Waals surface area contributed by atoms with Crippen LogP contribution in [-0.4, -0.2) is 37.2 Å². The van der Waals surface area contributed by atoms with Crippen molar-refractivity contribution >= 4 is 17.9 Å². The van der Waals surface area contributed by atoms with E-state index in [2.05, 4.69) is 167 Å². The van der Waals surface area contributed by atoms with Crippen molar-refractivity contribution in [2.24, 2.45) is 0 Å². The van der Waals surface area contributed by atoms with Gasteiger partial charge in [-0.2, -0.15) is 0 Å². The van der Waals surface area contributed by atoms with Gasteiger partial charge in [0, 0.05) is 19.3 Å². The minimum Gasteiger partial charge on any atom is -0.462 e. The van der Waals surface area contributed by atoms with Crippen LogP contribution in [0.25, 0.3) is 0 Å². The van der Waals surface area contributed by atoms with Crippen LogP contribution in [0.4, 0.5) is 0 Å². The molecule has 6 heteroatoms. The number of hydrogen-bond acceptors (Lipinski definition) is 6. The molecule has 0 aromatic rings. The zero-order valence-electron chi connectivity index (χ0n) is 52.5. The summed E-state index contributed by atoms with van der Waals surface area (Å²) in [4.78, 5) is 38.4. The molecule has 0 spiro atoms. The maximum Gasteiger partial charge on any atom is 0.306 e. The Morgan fingerprint density at radius 2 is 0.481 bits per heavy atom. The van der Waals surface area contributed by atoms with Crippen LogP contribution in [-0.2, 0) is 28.6 Å². The van der Waals surface area contributed by atoms with Crippen LogP contribution in [0, 0.1) is 0 Å². The summed E-state index contributed by atoms with van der Waals surface area (Å²) in [7, 11) is 0. The summed E-state index contributed by atoms with van der Waals surface area (Å²) >= 11 is 0. The lowest BCUT2D eigenvalue weighted by Crippen LogP contribution is -2.30. The predicted octanol–water partition coefficient (Wildman–Crippen LogP) is 23.1. The van der Waals surface area contributed by atoms with Crippen molar-refractivity contribution in [2.75, 3.05) is 13.2 Å². The molecule has 0 amide bonds. The molecule has 0 saturated carbocycles. The molecule has 0 aliphatic heterocycles. The zero-order chi connectivity index (χ0) is 58.5. The van der Waals surface area contributed by atoms with E-state index in [1.165, 1.54) is 109 Å². The van der Waals surface area contributed by atoms with Gasteiger partial charge in [0.05, 0.1) is 0 Å². The Morgan fingerprint density at radius 3 is 0.778 bits per heavy atom. The Kier molecular flexibility index (Phi) is 63.9. The van der Waals surface area contributed by atoms with E-state index < -0.39 is 6.10 Å². The van der Waals surface area contributed by atoms with Gasteiger partial charge in [0.25, 0.3) is 0 Å². The highest BCUT2D eigenvalue weighted by Crippen LogP contribution is 2.16. The molecule has 0 heterocycles. The Labute approximate surface area is 499 Å². The van der Waals surface area contributed by atoms with Crippen LogP contribution in [0.5, 0.6) is 0 Å². The summed E-state index contributed by atoms with van der Waals surface area (Å²) < 4.78 is 16.9. The van der Waals surface area contributed by atoms with Gasteiger partial charge in [-0.1, -0.05) is 295 Å². The van der Waals surface area contributed by atoms with Crippen molar-refractivity contribution in [3.05, 3.63) is 146 Å². The second kappa shape index (κ2) is 67.8. The fraction of sp³-hybridized carbons (Fsp3) is 0.640. The van der Waals surface area contributed by atoms with Crippen molar-refractivity contribution in [3.63, 3.8) is 0 Å². The fourth-order valence-corrected chi connectivity index (χ4v) is 8.92. The minimum atomic E-state index is -0.811. The largest absolute Gasteiger partial charge is 0.462 e. The van der Waals surface area contributed by atoms with Crippen LogP contribution in [0.1, 0.15) is 290 Å². The normalized spacial score (nSPS) is 13.1. The molecule has 0 bridgehead atoms. The molecule has 0 saturated heterocycles. The molecule has 81 heavy (non-hydrogen) atoms. The molecule has 0 aromatic carbocycles. The molecule has 0 rings (SSSR count). The molecule has 0 aliphatic carbocycles. The van der Waals surface area contributed by atoms with Crippen molar-refractivity contribution in [2.45, 2.75) is 297 Å². The summed E-state index contributed by atoms with van der Waals surface area (Å²) in [6, 6.07) is 0. The Morgan fingerprint density at radius 1 is 0.259 bits per heavy atom. The number of allylic oxidation sites excluding steroid dienone is 24. The molecular formula is C75H122O6. The summed E-state index contributed by atoms with van der Waals surface area (Å²) in [5.41, 5.74) is 0. The summed E-state index contributed by atoms with van der Waals surface area (Å²) in [5, 5.41) is 0. The van der Waals surface area contributed by atoms with Gasteiger partial charge >= 0.3 is 17.9 Å². The van der Waals surface area contributed by atoms with Crippen LogP contribution >= 0.6 is 0 Å². The standard InChI is InChI=1S/C75H122O6/c1-4-7-10-13-16-19-22-25-28-30-32-34-35-36-37-38-39-41-42-44-47-50-53-56-59-62-65-68-74(77)80-71-72(70-79-73(76)67-64-61-58-55-52-49-46-27-24-21-18-15-12-9-6-3)81-75(78)69-66-63-60-57-54-51-48-45-43-40-33-31-29-26-23-20-17-14-11-8-5-2/h7-8,10-11,16-17,19-20,25-26,28-29,32-34,36-37,39-41,45,48,54,57,72H,4-6,9,12-15,18,21-24,27,30-31,35,38,42-44,46-47,49-53,55-56,58-71H2,1-3H3/b10-7-,11-8-,19-16-,20-17-,28-25-,29-26-,34-32-,37-36-,40-33-,41-39-,48-45-,57-54-. The van der Waals surface area contributed by atoms with E-state index >= 15 is 0 Å². The Bertz CT molecular complexity index is 1760. The maximum atomic E-state index is 12.9. The molecule has 0 fully saturated rings. The third-order valence-corrected chi connectivity index (χ3v) is 13.8. The number of carbonyl (C=O) groups is 3. The van der Waals surface area contributed by atoms with Crippen molar-refractivity contribution in [1.29, 1.82) is 0 Å². The molecule has 0 radical (unpaired) electrons. The maximum absolute atomic E-state index is 12.9. The van der Waals surface area contributed by atoms with Gasteiger partial charge < -0.3 is 14.2 Å². The van der Waals surface area contributed by atoms with E-state index in [1.807, 2.05) is 0 Å². The predicted molar refractivity (Wildman–Crippen MR) is 352 cm³/mol. The van der Waals surface area contributed by atoms with E-state index in [4.69, 9.17) is 14.2 Å². The molecular weight excluding hydrogens is 997 g/mol. The first kappa shape index (κ1) is 76.3. The fourth-order valence-electron chi connectivity index (χ4n) is 8.92. The highest BCUT2D eigenvalue weighted by atomic mass is 16.6. The van der Waals surface area contributed by atoms with E-state index in [9.17, 15) is 14.4 Å². The zero-order valence-corrected chi connectivity index (χ0v) is 52.5. The lowest BCUT2D eigenvalue weighted by atomic mass is 10.0. The first-order valence-corrected chi connectivity index (χ1v) is 33.3. The summed E-state index contributed by atoms with van der Waals surface area (Å²) in [5.74, 6) is -0.949. The molecule has 0 aromatic heterocycles. The van der Waals surface area contributed by atoms with Gasteiger partial charge in [-0.25, -0.2) is 0 Å². The first-order chi connectivity index (χ1) is 40.0. The van der Waals surface area contributed by atoms with Crippen LogP contribution < -0.4 is 0 Å². The smallest absolute Gasteiger partial charge is 0.306 e. The van der Waals surface area contributed by atoms with Crippen LogP contribution in [0.15, 0.2) is 146 Å². The Balaban J connectivity index is 4.45. The number of esters is 3. The second-order valence-corrected chi connectivity index (χ2v) is 21.6. The molecule has 458 valence electrons. The summed E-state index contributed by atoms with van der Waals surface area (Å²) in [6.45, 7) is 6.39. The van der Waals surface area contributed by atoms with Gasteiger partial charge in [-0.05, 0) is 122 Å². The highest BCUT2D eigenvalue weighted by Gasteiger charge is 2.19. The van der Waals surface area contributed by atoms with Gasteiger partial charge in [0.15, 0.2) is 6.10 Å². The second-order valence-electron chi connectivity index (χ2n) is 21.6. The average molecular weight is 1120 g/mol. The van der Waals surface area contributed by atoms with Gasteiger partial charge in [0.1, 0.15) is 13.2 Å². The van der Waals surface area contributed by atoms with Gasteiger partial charge in [-0.3, -0.25) is 14.4 Å². The topological polar surface area (TPSA) is 78.9 Å². The minimum absolute atomic E-state index is 0.101. The van der Waals surface area contributed by atoms with E-state index in [0.717, 1.165) is 135 Å². The lowest BCUT2D eigenvalue weighted by molar-refractivity contribution is -0.167. The summed E-state index contributed by atoms with van der Waals surface area (Å²) in [6.07, 6.45) is 97.1. The van der Waals surface area contributed by atoms with Gasteiger partial charge in [-0.15, -0.1) is 0 Å². The number of rotatable bonds is 59. The van der Waals surface area contributed by atoms with Crippen LogP contribution in [0.2, 0.25) is 0 Å². The SMILES string of the molecule is CC/C=C\C/C=C\C/C=C\C/C=C\C/C=C\C/C=C\CCCCCCCCCCC(=O)OCC(COC(=O)CCCCCCCCCCCCCCCCC)OC(=O)CCCC/C=C\C/C=C\C/C=C\C/C=C\C/C=C\C/C=C\CC. The number of unbranched alkanes of at least 4 members (excludes halogenated alkanes) is 24. The van der Waals surface area contributed by atoms with E-state index in [0.29, 0.717) is 19.3 Å². The van der Waals surface area contributed by atoms with Crippen molar-refractivity contribution in [3.8, 4) is 0 Å². The number of ether oxygens (including phenoxy) is 3. The molecule has 0 N–H and O–H groups in total. The average Bonchev–Trinajstić information content (AvgIpc) is 3.47. The van der Waals surface area contributed by atoms with E-state index in [1.54, 1.807) is 0 Å². The monoisotopic (exact) mass is 1120 g/mol. The molecule has 1 unspecified atom stereocenters. The van der Waals surface area contributed by atoms with Gasteiger partial charge in [0.2, 0.25) is 0 Å². The molecule has 0 aliphatic rings. The van der Waals surface area contributed by atoms with Crippen LogP contribution in [0.3, 0.4) is 0 Å². The Hall–Kier alpha value is -4.71. The first-order valence-electron chi connectivity index (χ1n) is 33.3. The molecule has 6 nitrogen and oxygen atoms in total. The van der Waals surface area contributed by atoms with Crippen molar-refractivity contribution < 1.29 is 28.6 Å². The quantitative estimate of drug-likeness (QED) is 0.0261. The lowest BCUT2D eigenvalue weighted by Gasteiger charge is -2.18. The highest BCUT2D eigenvalue weighted by molar-refractivity contribution is 5.71. The number of carbonyl (C=O) groups excluding carboxylic acids is 3.